The van der Waals surface area contributed by atoms with Crippen LogP contribution in [0.5, 0.6) is 0 Å². The third-order valence-corrected chi connectivity index (χ3v) is 9.19. The molecule has 0 spiro atoms. The number of aliphatic carboxylic acids is 1. The zero-order chi connectivity index (χ0) is 31.9. The lowest BCUT2D eigenvalue weighted by atomic mass is 9.82. The van der Waals surface area contributed by atoms with Crippen molar-refractivity contribution >= 4 is 49.4 Å². The first-order chi connectivity index (χ1) is 20.9. The van der Waals surface area contributed by atoms with Crippen molar-refractivity contribution in [2.75, 3.05) is 36.9 Å². The number of carboxylic acids is 1. The summed E-state index contributed by atoms with van der Waals surface area (Å²) < 4.78 is 60.4. The van der Waals surface area contributed by atoms with E-state index in [0.29, 0.717) is 29.2 Å². The topological polar surface area (TPSA) is 125 Å². The maximum atomic E-state index is 12.9. The van der Waals surface area contributed by atoms with Crippen LogP contribution in [0.2, 0.25) is 0 Å². The van der Waals surface area contributed by atoms with Gasteiger partial charge in [-0.15, -0.1) is 0 Å². The second-order valence-electron chi connectivity index (χ2n) is 10.8. The van der Waals surface area contributed by atoms with Gasteiger partial charge in [-0.3, -0.25) is 0 Å². The minimum atomic E-state index is -5.08. The summed E-state index contributed by atoms with van der Waals surface area (Å²) in [6, 6.07) is 21.2. The number of hydrogen-bond acceptors (Lipinski definition) is 7. The predicted molar refractivity (Wildman–Crippen MR) is 165 cm³/mol. The Hall–Kier alpha value is -3.97. The molecule has 1 saturated carbocycles. The van der Waals surface area contributed by atoms with Gasteiger partial charge >= 0.3 is 12.1 Å². The standard InChI is InChI=1S/C29H35N5O2S.C2HF3O2/c1-3-34(2)28-26-10-6-7-11-27(26)32-29(33-28)30-19-21-12-14-22(15-13-21)20-31-37(35,36)25-17-16-23-8-4-5-9-24(23)18-25;3-2(4,5)1(6)7/h4-11,16-18,21-22,31H,3,12-15,19-20H2,1-2H3,(H,30,32,33);(H,6,7). The van der Waals surface area contributed by atoms with Gasteiger partial charge < -0.3 is 15.3 Å². The largest absolute Gasteiger partial charge is 0.490 e. The zero-order valence-electron chi connectivity index (χ0n) is 24.5. The number of rotatable bonds is 9. The number of anilines is 2. The molecular formula is C31H36F3N5O4S. The van der Waals surface area contributed by atoms with Crippen LogP contribution in [0.25, 0.3) is 21.7 Å². The van der Waals surface area contributed by atoms with Crippen molar-refractivity contribution in [3.05, 3.63) is 66.7 Å². The zero-order valence-corrected chi connectivity index (χ0v) is 25.3. The minimum Gasteiger partial charge on any atom is -0.475 e. The molecule has 4 aromatic rings. The number of alkyl halides is 3. The second-order valence-corrected chi connectivity index (χ2v) is 12.6. The highest BCUT2D eigenvalue weighted by Gasteiger charge is 2.38. The maximum Gasteiger partial charge on any atom is 0.490 e. The molecule has 44 heavy (non-hydrogen) atoms. The number of fused-ring (bicyclic) bond motifs is 2. The Morgan fingerprint density at radius 2 is 1.52 bits per heavy atom. The second kappa shape index (κ2) is 14.2. The van der Waals surface area contributed by atoms with E-state index in [0.717, 1.165) is 66.3 Å². The van der Waals surface area contributed by atoms with E-state index in [1.165, 1.54) is 0 Å². The molecular weight excluding hydrogens is 595 g/mol. The summed E-state index contributed by atoms with van der Waals surface area (Å²) in [5.41, 5.74) is 0.942. The molecule has 1 aliphatic rings. The molecule has 5 rings (SSSR count). The average molecular weight is 632 g/mol. The number of carbonyl (C=O) groups is 1. The first-order valence-electron chi connectivity index (χ1n) is 14.4. The van der Waals surface area contributed by atoms with Gasteiger partial charge in [-0.25, -0.2) is 22.9 Å². The Morgan fingerprint density at radius 3 is 2.16 bits per heavy atom. The van der Waals surface area contributed by atoms with Crippen LogP contribution in [0.15, 0.2) is 71.6 Å². The number of nitrogens with one attached hydrogen (secondary N) is 2. The van der Waals surface area contributed by atoms with Gasteiger partial charge in [0.25, 0.3) is 0 Å². The fraction of sp³-hybridized carbons (Fsp3) is 0.387. The smallest absolute Gasteiger partial charge is 0.475 e. The van der Waals surface area contributed by atoms with Gasteiger partial charge in [-0.2, -0.15) is 18.2 Å². The van der Waals surface area contributed by atoms with Crippen molar-refractivity contribution in [1.82, 2.24) is 14.7 Å². The van der Waals surface area contributed by atoms with Gasteiger partial charge in [0.1, 0.15) is 5.82 Å². The van der Waals surface area contributed by atoms with Gasteiger partial charge in [-0.1, -0.05) is 42.5 Å². The van der Waals surface area contributed by atoms with E-state index in [4.69, 9.17) is 19.9 Å². The number of aromatic nitrogens is 2. The number of hydrogen-bond donors (Lipinski definition) is 3. The van der Waals surface area contributed by atoms with Gasteiger partial charge in [0.2, 0.25) is 16.0 Å². The van der Waals surface area contributed by atoms with Crippen LogP contribution < -0.4 is 14.9 Å². The van der Waals surface area contributed by atoms with Crippen LogP contribution in [0.3, 0.4) is 0 Å². The number of nitrogens with zero attached hydrogens (tertiary/aromatic N) is 3. The lowest BCUT2D eigenvalue weighted by Crippen LogP contribution is -2.32. The number of carboxylic acid groups (broad SMARTS) is 1. The van der Waals surface area contributed by atoms with Crippen LogP contribution in [0, 0.1) is 11.8 Å². The molecule has 0 aliphatic heterocycles. The monoisotopic (exact) mass is 631 g/mol. The summed E-state index contributed by atoms with van der Waals surface area (Å²) in [5.74, 6) is -0.270. The van der Waals surface area contributed by atoms with Crippen molar-refractivity contribution in [2.24, 2.45) is 11.8 Å². The highest BCUT2D eigenvalue weighted by molar-refractivity contribution is 7.89. The molecule has 236 valence electrons. The Labute approximate surface area is 254 Å². The number of benzene rings is 3. The van der Waals surface area contributed by atoms with Crippen LogP contribution in [0.4, 0.5) is 24.9 Å². The fourth-order valence-corrected chi connectivity index (χ4v) is 6.25. The highest BCUT2D eigenvalue weighted by atomic mass is 32.2. The van der Waals surface area contributed by atoms with E-state index < -0.39 is 22.2 Å². The molecule has 0 bridgehead atoms. The Balaban J connectivity index is 0.000000566. The maximum absolute atomic E-state index is 12.9. The molecule has 3 aromatic carbocycles. The van der Waals surface area contributed by atoms with E-state index in [2.05, 4.69) is 27.9 Å². The van der Waals surface area contributed by atoms with Crippen LogP contribution in [-0.4, -0.2) is 62.3 Å². The van der Waals surface area contributed by atoms with Gasteiger partial charge in [0.15, 0.2) is 0 Å². The number of sulfonamides is 1. The third kappa shape index (κ3) is 8.56. The van der Waals surface area contributed by atoms with Crippen molar-refractivity contribution in [3.8, 4) is 0 Å². The summed E-state index contributed by atoms with van der Waals surface area (Å²) in [5, 5.41) is 13.6. The molecule has 0 saturated heterocycles. The Morgan fingerprint density at radius 1 is 0.932 bits per heavy atom. The first kappa shape index (κ1) is 32.9. The van der Waals surface area contributed by atoms with Gasteiger partial charge in [-0.05, 0) is 79.5 Å². The van der Waals surface area contributed by atoms with E-state index in [-0.39, 0.29) is 0 Å². The summed E-state index contributed by atoms with van der Waals surface area (Å²) in [6.45, 7) is 4.29. The minimum absolute atomic E-state index is 0.326. The SMILES string of the molecule is CCN(C)c1nc(NCC2CCC(CNS(=O)(=O)c3ccc4ccccc4c3)CC2)nc2ccccc12.O=C(O)C(F)(F)F. The van der Waals surface area contributed by atoms with Gasteiger partial charge in [0.05, 0.1) is 10.4 Å². The van der Waals surface area contributed by atoms with Crippen LogP contribution in [-0.2, 0) is 14.8 Å². The molecule has 0 atom stereocenters. The third-order valence-electron chi connectivity index (χ3n) is 7.77. The summed E-state index contributed by atoms with van der Waals surface area (Å²) in [7, 11) is -1.48. The van der Waals surface area contributed by atoms with Crippen molar-refractivity contribution < 1.29 is 31.5 Å². The molecule has 1 aromatic heterocycles. The molecule has 1 fully saturated rings. The number of para-hydroxylation sites is 1. The molecule has 3 N–H and O–H groups in total. The highest BCUT2D eigenvalue weighted by Crippen LogP contribution is 2.30. The molecule has 13 heteroatoms. The Kier molecular flexibility index (Phi) is 10.6. The molecule has 1 heterocycles. The lowest BCUT2D eigenvalue weighted by Gasteiger charge is -2.29. The van der Waals surface area contributed by atoms with Crippen molar-refractivity contribution in [3.63, 3.8) is 0 Å². The van der Waals surface area contributed by atoms with Gasteiger partial charge in [0, 0.05) is 32.1 Å². The first-order valence-corrected chi connectivity index (χ1v) is 15.9. The van der Waals surface area contributed by atoms with E-state index in [1.807, 2.05) is 55.6 Å². The van der Waals surface area contributed by atoms with Crippen LogP contribution in [0.1, 0.15) is 32.6 Å². The van der Waals surface area contributed by atoms with Crippen molar-refractivity contribution in [1.29, 1.82) is 0 Å². The molecule has 0 unspecified atom stereocenters. The van der Waals surface area contributed by atoms with E-state index >= 15 is 0 Å². The summed E-state index contributed by atoms with van der Waals surface area (Å²) in [4.78, 5) is 20.9. The molecule has 0 amide bonds. The van der Waals surface area contributed by atoms with E-state index in [9.17, 15) is 21.6 Å². The molecule has 1 aliphatic carbocycles. The van der Waals surface area contributed by atoms with Crippen molar-refractivity contribution in [2.45, 2.75) is 43.7 Å². The summed E-state index contributed by atoms with van der Waals surface area (Å²) in [6.07, 6.45) is -0.945. The normalized spacial score (nSPS) is 17.1. The fourth-order valence-electron chi connectivity index (χ4n) is 5.10. The predicted octanol–water partition coefficient (Wildman–Crippen LogP) is 6.07. The van der Waals surface area contributed by atoms with Crippen LogP contribution >= 0.6 is 0 Å². The van der Waals surface area contributed by atoms with E-state index in [1.54, 1.807) is 12.1 Å². The number of halogens is 3. The Bertz CT molecular complexity index is 1690. The summed E-state index contributed by atoms with van der Waals surface area (Å²) >= 11 is 0. The average Bonchev–Trinajstić information content (AvgIpc) is 3.02. The molecule has 9 nitrogen and oxygen atoms in total. The molecule has 0 radical (unpaired) electrons. The quantitative estimate of drug-likeness (QED) is 0.203. The lowest BCUT2D eigenvalue weighted by molar-refractivity contribution is -0.192.